The van der Waals surface area contributed by atoms with Crippen LogP contribution in [0.2, 0.25) is 0 Å². The summed E-state index contributed by atoms with van der Waals surface area (Å²) < 4.78 is 5.12. The number of amides is 2. The minimum Gasteiger partial charge on any atom is -0.469 e. The highest BCUT2D eigenvalue weighted by Crippen LogP contribution is 2.19. The number of nitrogens with zero attached hydrogens (tertiary/aromatic N) is 2. The van der Waals surface area contributed by atoms with Crippen molar-refractivity contribution in [2.75, 3.05) is 17.3 Å². The van der Waals surface area contributed by atoms with Gasteiger partial charge >= 0.3 is 0 Å². The van der Waals surface area contributed by atoms with Crippen LogP contribution < -0.4 is 10.2 Å². The second kappa shape index (κ2) is 7.31. The number of benzene rings is 1. The Labute approximate surface area is 149 Å². The number of aryl methyl sites for hydroxylation is 1. The molecule has 2 aromatic heterocycles. The van der Waals surface area contributed by atoms with Crippen LogP contribution in [0.5, 0.6) is 0 Å². The molecule has 25 heavy (non-hydrogen) atoms. The Morgan fingerprint density at radius 2 is 2.00 bits per heavy atom. The van der Waals surface area contributed by atoms with Gasteiger partial charge in [-0.05, 0) is 25.1 Å². The number of likely N-dealkylation sites (N-methyl/N-ethyl adjacent to an activating group) is 1. The minimum absolute atomic E-state index is 0.0694. The van der Waals surface area contributed by atoms with E-state index in [2.05, 4.69) is 10.3 Å². The number of carbonyl (C=O) groups excluding carboxylic acids is 2. The van der Waals surface area contributed by atoms with E-state index in [-0.39, 0.29) is 18.2 Å². The number of hydrogen-bond donors (Lipinski definition) is 1. The molecular weight excluding hydrogens is 338 g/mol. The van der Waals surface area contributed by atoms with Gasteiger partial charge in [-0.3, -0.25) is 14.9 Å². The van der Waals surface area contributed by atoms with Crippen LogP contribution >= 0.6 is 11.3 Å². The van der Waals surface area contributed by atoms with Crippen molar-refractivity contribution >= 4 is 34.0 Å². The maximum atomic E-state index is 12.4. The fourth-order valence-corrected chi connectivity index (χ4v) is 3.00. The summed E-state index contributed by atoms with van der Waals surface area (Å²) in [7, 11) is 1.73. The van der Waals surface area contributed by atoms with Crippen molar-refractivity contribution < 1.29 is 14.0 Å². The molecule has 0 bridgehead atoms. The molecule has 3 aromatic rings. The zero-order valence-corrected chi connectivity index (χ0v) is 14.7. The zero-order valence-electron chi connectivity index (χ0n) is 13.9. The number of hydrogen-bond acceptors (Lipinski definition) is 5. The molecule has 2 amide bonds. The van der Waals surface area contributed by atoms with Crippen molar-refractivity contribution in [1.82, 2.24) is 4.98 Å². The Balaban J connectivity index is 1.63. The maximum Gasteiger partial charge on any atom is 0.260 e. The van der Waals surface area contributed by atoms with Crippen LogP contribution in [0, 0.1) is 6.92 Å². The molecule has 0 spiro atoms. The quantitative estimate of drug-likeness (QED) is 0.760. The van der Waals surface area contributed by atoms with Gasteiger partial charge in [0.1, 0.15) is 5.76 Å². The number of thiazole rings is 1. The van der Waals surface area contributed by atoms with E-state index >= 15 is 0 Å². The molecule has 0 fully saturated rings. The summed E-state index contributed by atoms with van der Waals surface area (Å²) in [4.78, 5) is 30.4. The lowest BCUT2D eigenvalue weighted by Crippen LogP contribution is -2.27. The van der Waals surface area contributed by atoms with Gasteiger partial charge in [-0.1, -0.05) is 18.2 Å². The minimum atomic E-state index is -0.278. The molecule has 3 rings (SSSR count). The number of aromatic nitrogens is 1. The third-order valence-corrected chi connectivity index (χ3v) is 4.53. The highest BCUT2D eigenvalue weighted by atomic mass is 32.1. The van der Waals surface area contributed by atoms with Gasteiger partial charge in [0, 0.05) is 18.1 Å². The lowest BCUT2D eigenvalue weighted by Gasteiger charge is -2.16. The van der Waals surface area contributed by atoms with Crippen molar-refractivity contribution in [2.45, 2.75) is 13.3 Å². The van der Waals surface area contributed by atoms with Crippen LogP contribution in [0.3, 0.4) is 0 Å². The van der Waals surface area contributed by atoms with Gasteiger partial charge in [0.2, 0.25) is 5.91 Å². The molecular formula is C18H17N3O3S. The van der Waals surface area contributed by atoms with Crippen molar-refractivity contribution in [3.05, 3.63) is 65.1 Å². The fourth-order valence-electron chi connectivity index (χ4n) is 2.30. The zero-order chi connectivity index (χ0) is 17.8. The first-order valence-electron chi connectivity index (χ1n) is 7.66. The smallest absolute Gasteiger partial charge is 0.260 e. The van der Waals surface area contributed by atoms with Gasteiger partial charge in [0.05, 0.1) is 23.9 Å². The van der Waals surface area contributed by atoms with Crippen molar-refractivity contribution in [3.63, 3.8) is 0 Å². The predicted octanol–water partition coefficient (Wildman–Crippen LogP) is 3.50. The van der Waals surface area contributed by atoms with Crippen molar-refractivity contribution in [1.29, 1.82) is 0 Å². The summed E-state index contributed by atoms with van der Waals surface area (Å²) in [5.41, 5.74) is 1.92. The Kier molecular flexibility index (Phi) is 4.95. The molecule has 0 radical (unpaired) electrons. The monoisotopic (exact) mass is 355 g/mol. The number of rotatable bonds is 5. The Morgan fingerprint density at radius 1 is 1.24 bits per heavy atom. The van der Waals surface area contributed by atoms with E-state index in [4.69, 9.17) is 4.42 Å². The van der Waals surface area contributed by atoms with Crippen LogP contribution in [0.1, 0.15) is 21.8 Å². The van der Waals surface area contributed by atoms with E-state index in [0.717, 1.165) is 5.69 Å². The van der Waals surface area contributed by atoms with Gasteiger partial charge in [-0.2, -0.15) is 0 Å². The number of para-hydroxylation sites is 1. The van der Waals surface area contributed by atoms with E-state index < -0.39 is 0 Å². The van der Waals surface area contributed by atoms with E-state index in [0.29, 0.717) is 22.1 Å². The predicted molar refractivity (Wildman–Crippen MR) is 97.1 cm³/mol. The second-order valence-corrected chi connectivity index (χ2v) is 6.31. The first kappa shape index (κ1) is 16.9. The second-order valence-electron chi connectivity index (χ2n) is 5.45. The molecule has 2 heterocycles. The molecule has 0 unspecified atom stereocenters. The average molecular weight is 355 g/mol. The van der Waals surface area contributed by atoms with Crippen LogP contribution in [0.25, 0.3) is 0 Å². The topological polar surface area (TPSA) is 75.4 Å². The highest BCUT2D eigenvalue weighted by molar-refractivity contribution is 7.14. The summed E-state index contributed by atoms with van der Waals surface area (Å²) in [5.74, 6) is 0.203. The van der Waals surface area contributed by atoms with Crippen LogP contribution in [0.15, 0.2) is 52.5 Å². The molecule has 0 saturated heterocycles. The van der Waals surface area contributed by atoms with Gasteiger partial charge in [-0.15, -0.1) is 11.3 Å². The molecule has 1 aromatic carbocycles. The van der Waals surface area contributed by atoms with Gasteiger partial charge in [-0.25, -0.2) is 4.98 Å². The third kappa shape index (κ3) is 3.95. The Morgan fingerprint density at radius 3 is 2.68 bits per heavy atom. The molecule has 7 heteroatoms. The fraction of sp³-hybridized carbons (Fsp3) is 0.167. The van der Waals surface area contributed by atoms with Crippen LogP contribution in [-0.4, -0.2) is 23.8 Å². The average Bonchev–Trinajstić information content (AvgIpc) is 3.23. The van der Waals surface area contributed by atoms with Crippen LogP contribution in [-0.2, 0) is 11.2 Å². The first-order valence-corrected chi connectivity index (χ1v) is 8.54. The van der Waals surface area contributed by atoms with Gasteiger partial charge < -0.3 is 9.32 Å². The molecule has 0 aliphatic heterocycles. The van der Waals surface area contributed by atoms with Gasteiger partial charge in [0.25, 0.3) is 5.91 Å². The number of furan rings is 1. The van der Waals surface area contributed by atoms with E-state index in [1.807, 2.05) is 30.3 Å². The normalized spacial score (nSPS) is 10.5. The molecule has 1 N–H and O–H groups in total. The molecule has 128 valence electrons. The molecule has 0 saturated carbocycles. The summed E-state index contributed by atoms with van der Waals surface area (Å²) in [6.07, 6.45) is 1.64. The third-order valence-electron chi connectivity index (χ3n) is 3.73. The van der Waals surface area contributed by atoms with Gasteiger partial charge in [0.15, 0.2) is 5.13 Å². The molecule has 6 nitrogen and oxygen atoms in total. The number of anilines is 2. The Bertz CT molecular complexity index is 886. The summed E-state index contributed by atoms with van der Waals surface area (Å²) >= 11 is 1.29. The van der Waals surface area contributed by atoms with E-state index in [1.54, 1.807) is 30.3 Å². The van der Waals surface area contributed by atoms with Crippen molar-refractivity contribution in [2.24, 2.45) is 0 Å². The number of nitrogens with one attached hydrogen (secondary N) is 1. The summed E-state index contributed by atoms with van der Waals surface area (Å²) in [5, 5.41) is 4.95. The standard InChI is InChI=1S/C18H17N3O3S/c1-12-15(8-9-24-12)17(23)20-18-19-13(11-25-18)10-16(22)21(2)14-6-4-3-5-7-14/h3-9,11H,10H2,1-2H3,(H,19,20,23). The molecule has 0 aliphatic rings. The summed E-state index contributed by atoms with van der Waals surface area (Å²) in [6.45, 7) is 1.72. The largest absolute Gasteiger partial charge is 0.469 e. The molecule has 0 atom stereocenters. The lowest BCUT2D eigenvalue weighted by atomic mass is 10.2. The molecule has 0 aliphatic carbocycles. The SMILES string of the molecule is Cc1occc1C(=O)Nc1nc(CC(=O)N(C)c2ccccc2)cs1. The first-order chi connectivity index (χ1) is 12.0. The highest BCUT2D eigenvalue weighted by Gasteiger charge is 2.16. The van der Waals surface area contributed by atoms with E-state index in [9.17, 15) is 9.59 Å². The van der Waals surface area contributed by atoms with Crippen molar-refractivity contribution in [3.8, 4) is 0 Å². The lowest BCUT2D eigenvalue weighted by molar-refractivity contribution is -0.117. The maximum absolute atomic E-state index is 12.4. The summed E-state index contributed by atoms with van der Waals surface area (Å²) in [6, 6.07) is 11.0. The van der Waals surface area contributed by atoms with Crippen LogP contribution in [0.4, 0.5) is 10.8 Å². The number of carbonyl (C=O) groups is 2. The van der Waals surface area contributed by atoms with E-state index in [1.165, 1.54) is 17.6 Å². The Hall–Kier alpha value is -2.93.